The molecule has 1 fully saturated rings. The molecule has 0 aliphatic carbocycles. The standard InChI is InChI=1S/C19H29N7/c1-3-5-13-11-18(26-9-4-6-15(12-26)22-2)25-19(23-13)24-14-7-8-16(20)17(21)10-14/h7-8,10-11,15,22H,3-6,9,12,20-21H2,1-2H3,(H,23,24,25)/t15-/m1/s1. The van der Waals surface area contributed by atoms with Gasteiger partial charge in [0.15, 0.2) is 0 Å². The first-order valence-electron chi connectivity index (χ1n) is 9.31. The van der Waals surface area contributed by atoms with E-state index in [1.54, 1.807) is 6.07 Å². The van der Waals surface area contributed by atoms with E-state index >= 15 is 0 Å². The number of hydrogen-bond donors (Lipinski definition) is 4. The molecule has 26 heavy (non-hydrogen) atoms. The highest BCUT2D eigenvalue weighted by Gasteiger charge is 2.20. The average Bonchev–Trinajstić information content (AvgIpc) is 2.65. The molecule has 0 radical (unpaired) electrons. The number of piperidine rings is 1. The molecule has 0 spiro atoms. The van der Waals surface area contributed by atoms with Gasteiger partial charge in [0.1, 0.15) is 5.82 Å². The van der Waals surface area contributed by atoms with Crippen LogP contribution in [0.4, 0.5) is 28.8 Å². The summed E-state index contributed by atoms with van der Waals surface area (Å²) in [4.78, 5) is 11.8. The van der Waals surface area contributed by atoms with Crippen LogP contribution in [0.15, 0.2) is 24.3 Å². The van der Waals surface area contributed by atoms with Crippen molar-refractivity contribution in [1.82, 2.24) is 15.3 Å². The van der Waals surface area contributed by atoms with Gasteiger partial charge in [-0.25, -0.2) is 4.98 Å². The Bertz CT molecular complexity index is 747. The van der Waals surface area contributed by atoms with Crippen LogP contribution < -0.4 is 27.0 Å². The second-order valence-electron chi connectivity index (χ2n) is 6.83. The predicted molar refractivity (Wildman–Crippen MR) is 109 cm³/mol. The Hall–Kier alpha value is -2.54. The topological polar surface area (TPSA) is 105 Å². The first-order valence-corrected chi connectivity index (χ1v) is 9.31. The van der Waals surface area contributed by atoms with Gasteiger partial charge in [-0.05, 0) is 44.5 Å². The lowest BCUT2D eigenvalue weighted by molar-refractivity contribution is 0.447. The highest BCUT2D eigenvalue weighted by molar-refractivity contribution is 5.71. The second-order valence-corrected chi connectivity index (χ2v) is 6.83. The van der Waals surface area contributed by atoms with Crippen LogP contribution in [0, 0.1) is 0 Å². The number of nitrogen functional groups attached to an aromatic ring is 2. The van der Waals surface area contributed by atoms with Crippen molar-refractivity contribution in [2.75, 3.05) is 41.8 Å². The van der Waals surface area contributed by atoms with Gasteiger partial charge in [0.25, 0.3) is 0 Å². The summed E-state index contributed by atoms with van der Waals surface area (Å²) in [6, 6.07) is 8.10. The highest BCUT2D eigenvalue weighted by atomic mass is 15.2. The number of benzene rings is 1. The van der Waals surface area contributed by atoms with Crippen molar-refractivity contribution in [2.24, 2.45) is 0 Å². The van der Waals surface area contributed by atoms with Crippen LogP contribution in [0.2, 0.25) is 0 Å². The van der Waals surface area contributed by atoms with Gasteiger partial charge in [0.05, 0.1) is 11.4 Å². The SMILES string of the molecule is CCCc1cc(N2CCC[C@@H](NC)C2)nc(Nc2ccc(N)c(N)c2)n1. The minimum absolute atomic E-state index is 0.502. The van der Waals surface area contributed by atoms with Crippen LogP contribution >= 0.6 is 0 Å². The van der Waals surface area contributed by atoms with Crippen molar-refractivity contribution in [1.29, 1.82) is 0 Å². The van der Waals surface area contributed by atoms with Gasteiger partial charge in [-0.2, -0.15) is 4.98 Å². The minimum Gasteiger partial charge on any atom is -0.397 e. The molecule has 140 valence electrons. The maximum atomic E-state index is 5.91. The average molecular weight is 355 g/mol. The molecule has 0 bridgehead atoms. The van der Waals surface area contributed by atoms with E-state index in [4.69, 9.17) is 16.5 Å². The minimum atomic E-state index is 0.502. The summed E-state index contributed by atoms with van der Waals surface area (Å²) in [6.45, 7) is 4.15. The number of nitrogens with zero attached hydrogens (tertiary/aromatic N) is 3. The van der Waals surface area contributed by atoms with Gasteiger partial charge < -0.3 is 27.0 Å². The number of anilines is 5. The van der Waals surface area contributed by atoms with Gasteiger partial charge in [-0.3, -0.25) is 0 Å². The van der Waals surface area contributed by atoms with E-state index in [9.17, 15) is 0 Å². The van der Waals surface area contributed by atoms with Crippen LogP contribution in [-0.2, 0) is 6.42 Å². The number of aromatic nitrogens is 2. The molecule has 7 nitrogen and oxygen atoms in total. The van der Waals surface area contributed by atoms with E-state index in [0.717, 1.165) is 49.6 Å². The molecule has 3 rings (SSSR count). The first-order chi connectivity index (χ1) is 12.6. The number of rotatable bonds is 6. The molecule has 0 saturated carbocycles. The van der Waals surface area contributed by atoms with Crippen LogP contribution in [0.3, 0.4) is 0 Å². The molecule has 1 aromatic heterocycles. The Labute approximate surface area is 155 Å². The van der Waals surface area contributed by atoms with Crippen LogP contribution in [0.5, 0.6) is 0 Å². The zero-order valence-electron chi connectivity index (χ0n) is 15.6. The Kier molecular flexibility index (Phi) is 5.78. The Balaban J connectivity index is 1.86. The van der Waals surface area contributed by atoms with E-state index in [-0.39, 0.29) is 0 Å². The summed E-state index contributed by atoms with van der Waals surface area (Å²) in [5.41, 5.74) is 14.7. The fourth-order valence-electron chi connectivity index (χ4n) is 3.29. The van der Waals surface area contributed by atoms with Crippen molar-refractivity contribution in [3.63, 3.8) is 0 Å². The number of hydrogen-bond acceptors (Lipinski definition) is 7. The molecule has 1 atom stereocenters. The summed E-state index contributed by atoms with van der Waals surface area (Å²) in [7, 11) is 2.02. The number of aryl methyl sites for hydroxylation is 1. The fourth-order valence-corrected chi connectivity index (χ4v) is 3.29. The Morgan fingerprint density at radius 1 is 1.19 bits per heavy atom. The summed E-state index contributed by atoms with van der Waals surface area (Å²) in [5, 5.41) is 6.66. The third-order valence-electron chi connectivity index (χ3n) is 4.77. The van der Waals surface area contributed by atoms with Crippen LogP contribution in [0.25, 0.3) is 0 Å². The zero-order valence-corrected chi connectivity index (χ0v) is 15.6. The highest BCUT2D eigenvalue weighted by Crippen LogP contribution is 2.25. The molecule has 2 aromatic rings. The quantitative estimate of drug-likeness (QED) is 0.590. The molecular weight excluding hydrogens is 326 g/mol. The summed E-state index contributed by atoms with van der Waals surface area (Å²) < 4.78 is 0. The summed E-state index contributed by atoms with van der Waals surface area (Å²) in [5.74, 6) is 1.58. The Morgan fingerprint density at radius 3 is 2.77 bits per heavy atom. The van der Waals surface area contributed by atoms with Gasteiger partial charge in [0, 0.05) is 36.6 Å². The van der Waals surface area contributed by atoms with E-state index in [2.05, 4.69) is 33.5 Å². The summed E-state index contributed by atoms with van der Waals surface area (Å²) in [6.07, 6.45) is 4.34. The van der Waals surface area contributed by atoms with Gasteiger partial charge in [0.2, 0.25) is 5.95 Å². The van der Waals surface area contributed by atoms with Crippen LogP contribution in [-0.4, -0.2) is 36.1 Å². The molecule has 1 aliphatic heterocycles. The van der Waals surface area contributed by atoms with Gasteiger partial charge in [-0.15, -0.1) is 0 Å². The van der Waals surface area contributed by atoms with E-state index in [1.165, 1.54) is 6.42 Å². The molecule has 0 amide bonds. The third-order valence-corrected chi connectivity index (χ3v) is 4.77. The van der Waals surface area contributed by atoms with Crippen molar-refractivity contribution < 1.29 is 0 Å². The molecule has 1 aliphatic rings. The third kappa shape index (κ3) is 4.35. The maximum absolute atomic E-state index is 5.91. The van der Waals surface area contributed by atoms with Crippen molar-refractivity contribution >= 4 is 28.8 Å². The molecular formula is C19H29N7. The van der Waals surface area contributed by atoms with Crippen molar-refractivity contribution in [3.8, 4) is 0 Å². The lowest BCUT2D eigenvalue weighted by Gasteiger charge is -2.33. The lowest BCUT2D eigenvalue weighted by atomic mass is 10.1. The smallest absolute Gasteiger partial charge is 0.229 e. The monoisotopic (exact) mass is 355 g/mol. The first kappa shape index (κ1) is 18.3. The molecule has 6 N–H and O–H groups in total. The largest absolute Gasteiger partial charge is 0.397 e. The van der Waals surface area contributed by atoms with Gasteiger partial charge >= 0.3 is 0 Å². The van der Waals surface area contributed by atoms with E-state index in [0.29, 0.717) is 23.4 Å². The molecule has 2 heterocycles. The molecule has 1 saturated heterocycles. The zero-order chi connectivity index (χ0) is 18.5. The number of nitrogens with one attached hydrogen (secondary N) is 2. The van der Waals surface area contributed by atoms with Crippen molar-refractivity contribution in [2.45, 2.75) is 38.6 Å². The van der Waals surface area contributed by atoms with E-state index in [1.807, 2.05) is 19.2 Å². The van der Waals surface area contributed by atoms with Gasteiger partial charge in [-0.1, -0.05) is 13.3 Å². The van der Waals surface area contributed by atoms with Crippen LogP contribution in [0.1, 0.15) is 31.9 Å². The Morgan fingerprint density at radius 2 is 2.04 bits per heavy atom. The summed E-state index contributed by atoms with van der Waals surface area (Å²) >= 11 is 0. The predicted octanol–water partition coefficient (Wildman–Crippen LogP) is 2.53. The normalized spacial score (nSPS) is 17.3. The maximum Gasteiger partial charge on any atom is 0.229 e. The second kappa shape index (κ2) is 8.23. The lowest BCUT2D eigenvalue weighted by Crippen LogP contribution is -2.44. The van der Waals surface area contributed by atoms with Crippen molar-refractivity contribution in [3.05, 3.63) is 30.0 Å². The number of likely N-dealkylation sites (N-methyl/N-ethyl adjacent to an activating group) is 1. The van der Waals surface area contributed by atoms with E-state index < -0.39 is 0 Å². The molecule has 1 aromatic carbocycles. The fraction of sp³-hybridized carbons (Fsp3) is 0.474. The molecule has 7 heteroatoms. The molecule has 0 unspecified atom stereocenters. The number of nitrogens with two attached hydrogens (primary N) is 2.